The maximum atomic E-state index is 12.7. The molecule has 3 fully saturated rings. The van der Waals surface area contributed by atoms with Crippen LogP contribution in [0.5, 0.6) is 5.75 Å². The minimum absolute atomic E-state index is 0.0450. The smallest absolute Gasteiger partial charge is 0.342 e. The lowest BCUT2D eigenvalue weighted by Gasteiger charge is -2.61. The molecular formula is C27H40O5. The lowest BCUT2D eigenvalue weighted by Crippen LogP contribution is -2.57. The predicted molar refractivity (Wildman–Crippen MR) is 125 cm³/mol. The fourth-order valence-electron chi connectivity index (χ4n) is 7.27. The molecule has 178 valence electrons. The average molecular weight is 445 g/mol. The summed E-state index contributed by atoms with van der Waals surface area (Å²) < 4.78 is 12.0. The summed E-state index contributed by atoms with van der Waals surface area (Å²) in [6, 6.07) is 0. The molecule has 0 spiro atoms. The summed E-state index contributed by atoms with van der Waals surface area (Å²) >= 11 is 0. The van der Waals surface area contributed by atoms with Crippen LogP contribution in [0.15, 0.2) is 21.4 Å². The predicted octanol–water partition coefficient (Wildman–Crippen LogP) is 5.21. The minimum Gasteiger partial charge on any atom is -0.507 e. The van der Waals surface area contributed by atoms with Crippen molar-refractivity contribution >= 4 is 0 Å². The highest BCUT2D eigenvalue weighted by molar-refractivity contribution is 5.40. The highest BCUT2D eigenvalue weighted by Gasteiger charge is 2.60. The number of hydrogen-bond acceptors (Lipinski definition) is 5. The number of aliphatic hydroxyl groups is 1. The number of aryl methyl sites for hydroxylation is 1. The van der Waals surface area contributed by atoms with Gasteiger partial charge in [0.05, 0.1) is 23.4 Å². The van der Waals surface area contributed by atoms with Gasteiger partial charge in [0.2, 0.25) is 0 Å². The normalized spacial score (nSPS) is 39.2. The van der Waals surface area contributed by atoms with Gasteiger partial charge in [0, 0.05) is 5.56 Å². The Bertz CT molecular complexity index is 975. The van der Waals surface area contributed by atoms with Crippen LogP contribution in [0.25, 0.3) is 0 Å². The first-order chi connectivity index (χ1) is 14.8. The molecule has 2 N–H and O–H groups in total. The average Bonchev–Trinajstić information content (AvgIpc) is 2.80. The number of aliphatic hydroxyl groups excluding tert-OH is 1. The second kappa shape index (κ2) is 7.73. The third-order valence-electron chi connectivity index (χ3n) is 9.59. The summed E-state index contributed by atoms with van der Waals surface area (Å²) in [5, 5.41) is 21.5. The van der Waals surface area contributed by atoms with Crippen LogP contribution in [-0.2, 0) is 11.2 Å². The van der Waals surface area contributed by atoms with Gasteiger partial charge in [0.1, 0.15) is 11.5 Å². The van der Waals surface area contributed by atoms with Gasteiger partial charge in [-0.2, -0.15) is 0 Å². The summed E-state index contributed by atoms with van der Waals surface area (Å²) in [7, 11) is 0. The maximum absolute atomic E-state index is 12.7. The Kier molecular flexibility index (Phi) is 5.69. The quantitative estimate of drug-likeness (QED) is 0.612. The van der Waals surface area contributed by atoms with Crippen molar-refractivity contribution in [2.24, 2.45) is 22.7 Å². The van der Waals surface area contributed by atoms with Gasteiger partial charge in [-0.1, -0.05) is 26.0 Å². The van der Waals surface area contributed by atoms with Crippen molar-refractivity contribution < 1.29 is 19.4 Å². The summed E-state index contributed by atoms with van der Waals surface area (Å²) in [4.78, 5) is 12.7. The van der Waals surface area contributed by atoms with E-state index < -0.39 is 17.3 Å². The van der Waals surface area contributed by atoms with Crippen molar-refractivity contribution in [2.75, 3.05) is 0 Å². The number of rotatable bonds is 2. The fourth-order valence-corrected chi connectivity index (χ4v) is 7.27. The van der Waals surface area contributed by atoms with Gasteiger partial charge in [-0.3, -0.25) is 0 Å². The molecule has 2 aliphatic carbocycles. The molecule has 1 unspecified atom stereocenters. The van der Waals surface area contributed by atoms with Crippen LogP contribution < -0.4 is 5.63 Å². The molecule has 0 amide bonds. The summed E-state index contributed by atoms with van der Waals surface area (Å²) in [5.41, 5.74) is 1.09. The number of hydrogen-bond donors (Lipinski definition) is 2. The van der Waals surface area contributed by atoms with E-state index in [9.17, 15) is 15.0 Å². The van der Waals surface area contributed by atoms with Crippen molar-refractivity contribution in [3.8, 4) is 5.75 Å². The van der Waals surface area contributed by atoms with E-state index >= 15 is 0 Å². The molecule has 1 aromatic heterocycles. The fraction of sp³-hybridized carbons (Fsp3) is 0.741. The number of aromatic hydroxyl groups is 1. The zero-order chi connectivity index (χ0) is 23.6. The van der Waals surface area contributed by atoms with Gasteiger partial charge in [-0.25, -0.2) is 4.79 Å². The second-order valence-electron chi connectivity index (χ2n) is 11.7. The first-order valence-corrected chi connectivity index (χ1v) is 12.2. The Hall–Kier alpha value is -1.59. The van der Waals surface area contributed by atoms with Gasteiger partial charge in [0.25, 0.3) is 0 Å². The Labute approximate surface area is 191 Å². The summed E-state index contributed by atoms with van der Waals surface area (Å²) in [5.74, 6) is 1.02. The molecule has 1 aliphatic heterocycles. The third-order valence-corrected chi connectivity index (χ3v) is 9.59. The lowest BCUT2D eigenvalue weighted by atomic mass is 9.45. The lowest BCUT2D eigenvalue weighted by molar-refractivity contribution is -0.198. The summed E-state index contributed by atoms with van der Waals surface area (Å²) in [6.07, 6.45) is 5.63. The van der Waals surface area contributed by atoms with E-state index in [1.807, 2.05) is 13.8 Å². The summed E-state index contributed by atoms with van der Waals surface area (Å²) in [6.45, 7) is 16.6. The van der Waals surface area contributed by atoms with E-state index in [2.05, 4.69) is 20.4 Å². The molecule has 0 aromatic carbocycles. The molecule has 2 saturated carbocycles. The monoisotopic (exact) mass is 444 g/mol. The molecule has 6 atom stereocenters. The molecule has 1 aromatic rings. The van der Waals surface area contributed by atoms with Crippen molar-refractivity contribution in [1.29, 1.82) is 0 Å². The minimum atomic E-state index is -0.544. The maximum Gasteiger partial charge on any atom is 0.342 e. The number of fused-ring (bicyclic) bond motifs is 3. The van der Waals surface area contributed by atoms with Crippen LogP contribution in [0.4, 0.5) is 0 Å². The Morgan fingerprint density at radius 3 is 2.41 bits per heavy atom. The molecule has 0 radical (unpaired) electrons. The molecular weight excluding hydrogens is 404 g/mol. The first kappa shape index (κ1) is 23.6. The van der Waals surface area contributed by atoms with E-state index in [-0.39, 0.29) is 28.6 Å². The van der Waals surface area contributed by atoms with Crippen molar-refractivity contribution in [3.63, 3.8) is 0 Å². The van der Waals surface area contributed by atoms with Gasteiger partial charge in [-0.15, -0.1) is 0 Å². The van der Waals surface area contributed by atoms with E-state index in [0.29, 0.717) is 29.2 Å². The molecule has 2 heterocycles. The van der Waals surface area contributed by atoms with E-state index in [1.54, 1.807) is 13.8 Å². The van der Waals surface area contributed by atoms with Crippen molar-refractivity contribution in [1.82, 2.24) is 0 Å². The Balaban J connectivity index is 1.72. The molecule has 1 saturated heterocycles. The van der Waals surface area contributed by atoms with Crippen molar-refractivity contribution in [2.45, 2.75) is 104 Å². The SMILES string of the molecule is C=C1CC[C@@H]2[C@](C)(CCC3OC(C)(C)[C@@H](O)CC[C@]32C)[C@@H]1Cc1c(O)c(C)c(C)oc1=O. The first-order valence-electron chi connectivity index (χ1n) is 12.2. The van der Waals surface area contributed by atoms with Crippen LogP contribution in [0, 0.1) is 36.5 Å². The van der Waals surface area contributed by atoms with Gasteiger partial charge >= 0.3 is 5.63 Å². The Morgan fingerprint density at radius 2 is 1.72 bits per heavy atom. The largest absolute Gasteiger partial charge is 0.507 e. The van der Waals surface area contributed by atoms with Crippen LogP contribution in [-0.4, -0.2) is 28.0 Å². The molecule has 4 rings (SSSR count). The third kappa shape index (κ3) is 3.47. The molecule has 0 bridgehead atoms. The standard InChI is InChI=1S/C27H40O5/c1-15-8-9-20-26(6,19(15)14-18-23(29)16(2)17(3)31-24(18)30)13-11-22-27(20,7)12-10-21(28)25(4,5)32-22/h19-22,28-29H,1,8-14H2,2-7H3/t19-,20-,21+,22?,26-,27+/m1/s1. The van der Waals surface area contributed by atoms with E-state index in [4.69, 9.17) is 9.15 Å². The van der Waals surface area contributed by atoms with Gasteiger partial charge in [-0.05, 0) is 95.3 Å². The molecule has 5 nitrogen and oxygen atoms in total. The number of ether oxygens (including phenoxy) is 1. The topological polar surface area (TPSA) is 79.9 Å². The van der Waals surface area contributed by atoms with E-state index in [0.717, 1.165) is 44.1 Å². The van der Waals surface area contributed by atoms with Gasteiger partial charge < -0.3 is 19.4 Å². The van der Waals surface area contributed by atoms with Crippen LogP contribution in [0.3, 0.4) is 0 Å². The van der Waals surface area contributed by atoms with Gasteiger partial charge in [0.15, 0.2) is 0 Å². The van der Waals surface area contributed by atoms with Crippen LogP contribution in [0.2, 0.25) is 0 Å². The van der Waals surface area contributed by atoms with Crippen LogP contribution in [0.1, 0.15) is 83.1 Å². The molecule has 3 aliphatic rings. The van der Waals surface area contributed by atoms with Crippen molar-refractivity contribution in [3.05, 3.63) is 39.5 Å². The number of allylic oxidation sites excluding steroid dienone is 1. The molecule has 5 heteroatoms. The highest BCUT2D eigenvalue weighted by atomic mass is 16.5. The zero-order valence-corrected chi connectivity index (χ0v) is 20.6. The zero-order valence-electron chi connectivity index (χ0n) is 20.6. The second-order valence-corrected chi connectivity index (χ2v) is 11.7. The highest BCUT2D eigenvalue weighted by Crippen LogP contribution is 2.64. The van der Waals surface area contributed by atoms with E-state index in [1.165, 1.54) is 0 Å². The molecule has 32 heavy (non-hydrogen) atoms. The van der Waals surface area contributed by atoms with Crippen LogP contribution >= 0.6 is 0 Å². The Morgan fingerprint density at radius 1 is 1.06 bits per heavy atom.